The largest absolute Gasteiger partial charge is 0.378 e. The van der Waals surface area contributed by atoms with Gasteiger partial charge in [-0.3, -0.25) is 0 Å². The van der Waals surface area contributed by atoms with Gasteiger partial charge < -0.3 is 10.1 Å². The number of nitrogens with one attached hydrogen (secondary N) is 1. The Bertz CT molecular complexity index is 291. The van der Waals surface area contributed by atoms with Crippen LogP contribution in [0.3, 0.4) is 0 Å². The monoisotopic (exact) mass is 265 g/mol. The summed E-state index contributed by atoms with van der Waals surface area (Å²) < 4.78 is 5.87. The third-order valence-electron chi connectivity index (χ3n) is 5.91. The molecule has 110 valence electrons. The van der Waals surface area contributed by atoms with Gasteiger partial charge in [-0.05, 0) is 63.2 Å². The van der Waals surface area contributed by atoms with Gasteiger partial charge in [0.1, 0.15) is 0 Å². The second-order valence-electron chi connectivity index (χ2n) is 7.30. The number of ether oxygens (including phenoxy) is 1. The van der Waals surface area contributed by atoms with E-state index in [4.69, 9.17) is 4.74 Å². The van der Waals surface area contributed by atoms with Crippen LogP contribution in [0.5, 0.6) is 0 Å². The maximum Gasteiger partial charge on any atom is 0.0589 e. The average Bonchev–Trinajstić information content (AvgIpc) is 3.02. The maximum absolute atomic E-state index is 5.87. The van der Waals surface area contributed by atoms with Crippen molar-refractivity contribution in [2.75, 3.05) is 6.61 Å². The van der Waals surface area contributed by atoms with Crippen molar-refractivity contribution in [1.82, 2.24) is 5.32 Å². The van der Waals surface area contributed by atoms with Crippen LogP contribution in [0.2, 0.25) is 0 Å². The first-order chi connectivity index (χ1) is 9.26. The van der Waals surface area contributed by atoms with Gasteiger partial charge in [0.25, 0.3) is 0 Å². The van der Waals surface area contributed by atoms with Gasteiger partial charge in [-0.15, -0.1) is 0 Å². The molecule has 2 bridgehead atoms. The first kappa shape index (κ1) is 13.9. The molecule has 2 saturated carbocycles. The molecule has 3 rings (SSSR count). The molecule has 0 aromatic heterocycles. The quantitative estimate of drug-likeness (QED) is 0.817. The van der Waals surface area contributed by atoms with Crippen molar-refractivity contribution in [2.24, 2.45) is 17.8 Å². The van der Waals surface area contributed by atoms with Crippen LogP contribution in [0.1, 0.15) is 65.2 Å². The van der Waals surface area contributed by atoms with E-state index < -0.39 is 0 Å². The lowest BCUT2D eigenvalue weighted by Crippen LogP contribution is -2.46. The maximum atomic E-state index is 5.87. The Morgan fingerprint density at radius 2 is 2.05 bits per heavy atom. The molecule has 0 aromatic carbocycles. The van der Waals surface area contributed by atoms with Crippen molar-refractivity contribution in [1.29, 1.82) is 0 Å². The highest BCUT2D eigenvalue weighted by Gasteiger charge is 2.42. The fourth-order valence-corrected chi connectivity index (χ4v) is 4.96. The van der Waals surface area contributed by atoms with Crippen molar-refractivity contribution in [2.45, 2.75) is 83.4 Å². The SMILES string of the molecule is CCCC1CC(NC(C)C2CC3CCC2C3)CCO1. The smallest absolute Gasteiger partial charge is 0.0589 e. The Labute approximate surface area is 118 Å². The minimum absolute atomic E-state index is 0.517. The Hall–Kier alpha value is -0.0800. The lowest BCUT2D eigenvalue weighted by molar-refractivity contribution is -0.00653. The van der Waals surface area contributed by atoms with Gasteiger partial charge in [0.15, 0.2) is 0 Å². The predicted molar refractivity (Wildman–Crippen MR) is 79.2 cm³/mol. The second kappa shape index (κ2) is 6.13. The van der Waals surface area contributed by atoms with Crippen LogP contribution in [0.25, 0.3) is 0 Å². The van der Waals surface area contributed by atoms with Crippen LogP contribution >= 0.6 is 0 Å². The summed E-state index contributed by atoms with van der Waals surface area (Å²) in [5, 5.41) is 3.95. The number of hydrogen-bond donors (Lipinski definition) is 1. The molecule has 1 heterocycles. The van der Waals surface area contributed by atoms with E-state index in [1.54, 1.807) is 0 Å². The molecular weight excluding hydrogens is 234 g/mol. The van der Waals surface area contributed by atoms with E-state index in [9.17, 15) is 0 Å². The van der Waals surface area contributed by atoms with Gasteiger partial charge in [-0.25, -0.2) is 0 Å². The van der Waals surface area contributed by atoms with Crippen molar-refractivity contribution in [3.05, 3.63) is 0 Å². The molecule has 19 heavy (non-hydrogen) atoms. The molecule has 3 aliphatic rings. The number of hydrogen-bond acceptors (Lipinski definition) is 2. The van der Waals surface area contributed by atoms with E-state index in [2.05, 4.69) is 19.2 Å². The fourth-order valence-electron chi connectivity index (χ4n) is 4.96. The molecule has 3 fully saturated rings. The topological polar surface area (TPSA) is 21.3 Å². The molecule has 0 spiro atoms. The molecule has 0 radical (unpaired) electrons. The van der Waals surface area contributed by atoms with Gasteiger partial charge in [0.2, 0.25) is 0 Å². The Kier molecular flexibility index (Phi) is 4.48. The lowest BCUT2D eigenvalue weighted by atomic mass is 9.83. The van der Waals surface area contributed by atoms with E-state index in [-0.39, 0.29) is 0 Å². The Balaban J connectivity index is 1.47. The molecule has 0 amide bonds. The molecule has 2 nitrogen and oxygen atoms in total. The Morgan fingerprint density at radius 3 is 2.74 bits per heavy atom. The minimum atomic E-state index is 0.517. The first-order valence-electron chi connectivity index (χ1n) is 8.64. The molecule has 1 aliphatic heterocycles. The minimum Gasteiger partial charge on any atom is -0.378 e. The lowest BCUT2D eigenvalue weighted by Gasteiger charge is -2.36. The zero-order chi connectivity index (χ0) is 13.2. The molecule has 6 unspecified atom stereocenters. The molecule has 1 saturated heterocycles. The van der Waals surface area contributed by atoms with Crippen LogP contribution in [0, 0.1) is 17.8 Å². The van der Waals surface area contributed by atoms with Gasteiger partial charge >= 0.3 is 0 Å². The summed E-state index contributed by atoms with van der Waals surface area (Å²) in [5.74, 6) is 3.08. The van der Waals surface area contributed by atoms with Crippen LogP contribution < -0.4 is 5.32 Å². The number of fused-ring (bicyclic) bond motifs is 2. The van der Waals surface area contributed by atoms with Crippen LogP contribution in [0.4, 0.5) is 0 Å². The summed E-state index contributed by atoms with van der Waals surface area (Å²) in [6.45, 7) is 5.67. The van der Waals surface area contributed by atoms with E-state index in [1.165, 1.54) is 51.4 Å². The van der Waals surface area contributed by atoms with Crippen molar-refractivity contribution in [3.8, 4) is 0 Å². The van der Waals surface area contributed by atoms with Gasteiger partial charge in [-0.1, -0.05) is 19.8 Å². The highest BCUT2D eigenvalue weighted by Crippen LogP contribution is 2.49. The molecule has 6 atom stereocenters. The zero-order valence-electron chi connectivity index (χ0n) is 12.7. The van der Waals surface area contributed by atoms with Gasteiger partial charge in [0.05, 0.1) is 6.10 Å². The summed E-state index contributed by atoms with van der Waals surface area (Å²) in [6, 6.07) is 1.43. The summed E-state index contributed by atoms with van der Waals surface area (Å²) in [5.41, 5.74) is 0. The number of rotatable bonds is 5. The van der Waals surface area contributed by atoms with Crippen LogP contribution in [-0.4, -0.2) is 24.8 Å². The molecular formula is C17H31NO. The third kappa shape index (κ3) is 3.16. The van der Waals surface area contributed by atoms with Gasteiger partial charge in [-0.2, -0.15) is 0 Å². The standard InChI is InChI=1S/C17H31NO/c1-3-4-16-11-15(7-8-19-16)18-12(2)17-10-13-5-6-14(17)9-13/h12-18H,3-11H2,1-2H3. The van der Waals surface area contributed by atoms with Crippen LogP contribution in [-0.2, 0) is 4.74 Å². The van der Waals surface area contributed by atoms with Crippen molar-refractivity contribution in [3.63, 3.8) is 0 Å². The van der Waals surface area contributed by atoms with E-state index >= 15 is 0 Å². The summed E-state index contributed by atoms with van der Waals surface area (Å²) in [6.07, 6.45) is 11.5. The summed E-state index contributed by atoms with van der Waals surface area (Å²) in [7, 11) is 0. The summed E-state index contributed by atoms with van der Waals surface area (Å²) in [4.78, 5) is 0. The van der Waals surface area contributed by atoms with E-state index in [0.29, 0.717) is 12.1 Å². The Morgan fingerprint density at radius 1 is 1.16 bits per heavy atom. The van der Waals surface area contributed by atoms with Crippen molar-refractivity contribution < 1.29 is 4.74 Å². The summed E-state index contributed by atoms with van der Waals surface area (Å²) >= 11 is 0. The highest BCUT2D eigenvalue weighted by atomic mass is 16.5. The predicted octanol–water partition coefficient (Wildman–Crippen LogP) is 3.75. The molecule has 0 aromatic rings. The molecule has 2 heteroatoms. The first-order valence-corrected chi connectivity index (χ1v) is 8.64. The zero-order valence-corrected chi connectivity index (χ0v) is 12.7. The van der Waals surface area contributed by atoms with Crippen LogP contribution in [0.15, 0.2) is 0 Å². The normalized spacial score (nSPS) is 43.6. The highest BCUT2D eigenvalue weighted by molar-refractivity contribution is 4.95. The van der Waals surface area contributed by atoms with E-state index in [0.717, 1.165) is 30.4 Å². The van der Waals surface area contributed by atoms with Gasteiger partial charge in [0, 0.05) is 18.7 Å². The average molecular weight is 265 g/mol. The van der Waals surface area contributed by atoms with Crippen molar-refractivity contribution >= 4 is 0 Å². The molecule has 2 aliphatic carbocycles. The fraction of sp³-hybridized carbons (Fsp3) is 1.00. The van der Waals surface area contributed by atoms with E-state index in [1.807, 2.05) is 0 Å². The third-order valence-corrected chi connectivity index (χ3v) is 5.91. The second-order valence-corrected chi connectivity index (χ2v) is 7.30. The molecule has 1 N–H and O–H groups in total.